The lowest BCUT2D eigenvalue weighted by Gasteiger charge is -2.27. The van der Waals surface area contributed by atoms with Gasteiger partial charge in [0.25, 0.3) is 5.56 Å². The van der Waals surface area contributed by atoms with E-state index in [-0.39, 0.29) is 5.56 Å². The Morgan fingerprint density at radius 3 is 2.85 bits per heavy atom. The van der Waals surface area contributed by atoms with Crippen LogP contribution in [0, 0.1) is 6.92 Å². The Kier molecular flexibility index (Phi) is 3.59. The molecule has 0 bridgehead atoms. The van der Waals surface area contributed by atoms with Crippen LogP contribution < -0.4 is 5.56 Å². The maximum absolute atomic E-state index is 12.0. The van der Waals surface area contributed by atoms with Crippen LogP contribution >= 0.6 is 11.6 Å². The number of halogens is 1. The third kappa shape index (κ3) is 2.76. The Bertz CT molecular complexity index is 679. The van der Waals surface area contributed by atoms with Crippen LogP contribution in [-0.2, 0) is 19.5 Å². The molecule has 1 aliphatic rings. The number of nitrogens with one attached hydrogen (secondary N) is 1. The van der Waals surface area contributed by atoms with Gasteiger partial charge >= 0.3 is 0 Å². The van der Waals surface area contributed by atoms with Crippen molar-refractivity contribution in [2.75, 3.05) is 6.54 Å². The fourth-order valence-corrected chi connectivity index (χ4v) is 2.71. The summed E-state index contributed by atoms with van der Waals surface area (Å²) in [6.45, 7) is 4.22. The van der Waals surface area contributed by atoms with Gasteiger partial charge in [0.15, 0.2) is 0 Å². The van der Waals surface area contributed by atoms with Crippen LogP contribution in [0.4, 0.5) is 0 Å². The molecular weight excluding hydrogens is 274 g/mol. The molecule has 2 aromatic rings. The molecule has 0 spiro atoms. The van der Waals surface area contributed by atoms with Crippen LogP contribution in [0.15, 0.2) is 29.1 Å². The summed E-state index contributed by atoms with van der Waals surface area (Å²) in [5.41, 5.74) is 2.94. The fraction of sp³-hybridized carbons (Fsp3) is 0.333. The van der Waals surface area contributed by atoms with Gasteiger partial charge in [-0.1, -0.05) is 23.7 Å². The van der Waals surface area contributed by atoms with Gasteiger partial charge in [0.2, 0.25) is 0 Å². The molecule has 0 aliphatic carbocycles. The van der Waals surface area contributed by atoms with Gasteiger partial charge in [0, 0.05) is 31.1 Å². The first kappa shape index (κ1) is 13.3. The number of H-pyrrole nitrogens is 1. The topological polar surface area (TPSA) is 49.0 Å². The van der Waals surface area contributed by atoms with Crippen molar-refractivity contribution in [3.05, 3.63) is 62.3 Å². The second kappa shape index (κ2) is 5.38. The average Bonchev–Trinajstić information content (AvgIpc) is 2.42. The molecule has 1 aliphatic heterocycles. The van der Waals surface area contributed by atoms with Gasteiger partial charge in [-0.15, -0.1) is 0 Å². The second-order valence-corrected chi connectivity index (χ2v) is 5.60. The molecule has 3 rings (SSSR count). The number of hydrogen-bond acceptors (Lipinski definition) is 3. The zero-order valence-corrected chi connectivity index (χ0v) is 12.1. The van der Waals surface area contributed by atoms with Crippen molar-refractivity contribution in [2.45, 2.75) is 26.4 Å². The maximum atomic E-state index is 12.0. The number of nitrogens with zero attached hydrogens (tertiary/aromatic N) is 2. The molecule has 0 radical (unpaired) electrons. The number of aryl methyl sites for hydroxylation is 1. The normalized spacial score (nSPS) is 15.1. The molecule has 0 unspecified atom stereocenters. The molecule has 2 heterocycles. The molecule has 0 atom stereocenters. The van der Waals surface area contributed by atoms with Gasteiger partial charge in [-0.25, -0.2) is 4.98 Å². The van der Waals surface area contributed by atoms with Crippen LogP contribution in [0.25, 0.3) is 0 Å². The Hall–Kier alpha value is -1.65. The molecule has 1 aromatic carbocycles. The SMILES string of the molecule is Cc1nc2c(c(=O)[nH]1)CN(Cc1ccc(Cl)cc1)CC2. The van der Waals surface area contributed by atoms with Crippen molar-refractivity contribution in [1.82, 2.24) is 14.9 Å². The van der Waals surface area contributed by atoms with Crippen molar-refractivity contribution in [3.8, 4) is 0 Å². The largest absolute Gasteiger partial charge is 0.310 e. The number of aromatic nitrogens is 2. The number of fused-ring (bicyclic) bond motifs is 1. The van der Waals surface area contributed by atoms with E-state index in [9.17, 15) is 4.79 Å². The number of hydrogen-bond donors (Lipinski definition) is 1. The van der Waals surface area contributed by atoms with Crippen LogP contribution in [0.3, 0.4) is 0 Å². The predicted molar refractivity (Wildman–Crippen MR) is 78.9 cm³/mol. The van der Waals surface area contributed by atoms with Crippen molar-refractivity contribution < 1.29 is 0 Å². The zero-order chi connectivity index (χ0) is 14.1. The monoisotopic (exact) mass is 289 g/mol. The first-order valence-corrected chi connectivity index (χ1v) is 7.05. The molecule has 5 heteroatoms. The van der Waals surface area contributed by atoms with Crippen molar-refractivity contribution in [1.29, 1.82) is 0 Å². The number of aromatic amines is 1. The summed E-state index contributed by atoms with van der Waals surface area (Å²) in [5, 5.41) is 0.744. The highest BCUT2D eigenvalue weighted by Crippen LogP contribution is 2.17. The standard InChI is InChI=1S/C15H16ClN3O/c1-10-17-14-6-7-19(9-13(14)15(20)18-10)8-11-2-4-12(16)5-3-11/h2-5H,6-9H2,1H3,(H,17,18,20). The summed E-state index contributed by atoms with van der Waals surface area (Å²) in [6, 6.07) is 7.84. The van der Waals surface area contributed by atoms with E-state index in [0.717, 1.165) is 35.8 Å². The highest BCUT2D eigenvalue weighted by molar-refractivity contribution is 6.30. The lowest BCUT2D eigenvalue weighted by atomic mass is 10.1. The first-order chi connectivity index (χ1) is 9.61. The van der Waals surface area contributed by atoms with E-state index < -0.39 is 0 Å². The van der Waals surface area contributed by atoms with Gasteiger partial charge < -0.3 is 4.98 Å². The van der Waals surface area contributed by atoms with Crippen LogP contribution in [-0.4, -0.2) is 21.4 Å². The molecule has 4 nitrogen and oxygen atoms in total. The van der Waals surface area contributed by atoms with Crippen molar-refractivity contribution in [2.24, 2.45) is 0 Å². The summed E-state index contributed by atoms with van der Waals surface area (Å²) in [4.78, 5) is 21.5. The maximum Gasteiger partial charge on any atom is 0.255 e. The summed E-state index contributed by atoms with van der Waals surface area (Å²) in [6.07, 6.45) is 0.827. The third-order valence-electron chi connectivity index (χ3n) is 3.59. The second-order valence-electron chi connectivity index (χ2n) is 5.16. The van der Waals surface area contributed by atoms with E-state index in [1.54, 1.807) is 0 Å². The van der Waals surface area contributed by atoms with Crippen LogP contribution in [0.1, 0.15) is 22.6 Å². The lowest BCUT2D eigenvalue weighted by molar-refractivity contribution is 0.241. The van der Waals surface area contributed by atoms with Crippen LogP contribution in [0.5, 0.6) is 0 Å². The van der Waals surface area contributed by atoms with Crippen molar-refractivity contribution >= 4 is 11.6 Å². The van der Waals surface area contributed by atoms with Gasteiger partial charge in [0.05, 0.1) is 11.3 Å². The summed E-state index contributed by atoms with van der Waals surface area (Å²) < 4.78 is 0. The first-order valence-electron chi connectivity index (χ1n) is 6.67. The van der Waals surface area contributed by atoms with Gasteiger partial charge in [-0.2, -0.15) is 0 Å². The molecule has 0 saturated heterocycles. The summed E-state index contributed by atoms with van der Waals surface area (Å²) in [5.74, 6) is 0.694. The Morgan fingerprint density at radius 1 is 1.35 bits per heavy atom. The average molecular weight is 290 g/mol. The lowest BCUT2D eigenvalue weighted by Crippen LogP contribution is -2.35. The number of rotatable bonds is 2. The molecule has 1 aromatic heterocycles. The van der Waals surface area contributed by atoms with Gasteiger partial charge in [0.1, 0.15) is 5.82 Å². The van der Waals surface area contributed by atoms with E-state index in [0.29, 0.717) is 12.4 Å². The van der Waals surface area contributed by atoms with Gasteiger partial charge in [-0.05, 0) is 24.6 Å². The van der Waals surface area contributed by atoms with Gasteiger partial charge in [-0.3, -0.25) is 9.69 Å². The molecule has 0 amide bonds. The minimum absolute atomic E-state index is 0.00620. The predicted octanol–water partition coefficient (Wildman–Crippen LogP) is 2.29. The number of benzene rings is 1. The van der Waals surface area contributed by atoms with E-state index in [4.69, 9.17) is 11.6 Å². The summed E-state index contributed by atoms with van der Waals surface area (Å²) in [7, 11) is 0. The fourth-order valence-electron chi connectivity index (χ4n) is 2.59. The molecule has 20 heavy (non-hydrogen) atoms. The quantitative estimate of drug-likeness (QED) is 0.923. The zero-order valence-electron chi connectivity index (χ0n) is 11.3. The molecule has 1 N–H and O–H groups in total. The van der Waals surface area contributed by atoms with E-state index >= 15 is 0 Å². The highest BCUT2D eigenvalue weighted by Gasteiger charge is 2.20. The summed E-state index contributed by atoms with van der Waals surface area (Å²) >= 11 is 5.89. The Labute approximate surface area is 122 Å². The molecule has 0 fully saturated rings. The Morgan fingerprint density at radius 2 is 2.10 bits per heavy atom. The third-order valence-corrected chi connectivity index (χ3v) is 3.84. The van der Waals surface area contributed by atoms with Crippen molar-refractivity contribution in [3.63, 3.8) is 0 Å². The minimum atomic E-state index is -0.00620. The minimum Gasteiger partial charge on any atom is -0.310 e. The molecule has 0 saturated carbocycles. The highest BCUT2D eigenvalue weighted by atomic mass is 35.5. The molecule has 104 valence electrons. The van der Waals surface area contributed by atoms with E-state index in [2.05, 4.69) is 14.9 Å². The van der Waals surface area contributed by atoms with Crippen LogP contribution in [0.2, 0.25) is 5.02 Å². The molecular formula is C15H16ClN3O. The van der Waals surface area contributed by atoms with E-state index in [1.807, 2.05) is 31.2 Å². The Balaban J connectivity index is 1.79. The smallest absolute Gasteiger partial charge is 0.255 e. The van der Waals surface area contributed by atoms with E-state index in [1.165, 1.54) is 5.56 Å².